The van der Waals surface area contributed by atoms with Crippen LogP contribution >= 0.6 is 35.2 Å². The third-order valence-corrected chi connectivity index (χ3v) is 12.4. The summed E-state index contributed by atoms with van der Waals surface area (Å²) in [6, 6.07) is 6.49. The Morgan fingerprint density at radius 1 is 1.00 bits per heavy atom. The van der Waals surface area contributed by atoms with E-state index in [0.717, 1.165) is 34.5 Å². The largest absolute Gasteiger partial charge is 0.508 e. The summed E-state index contributed by atoms with van der Waals surface area (Å²) in [5.41, 5.74) is 5.13. The molecule has 4 rings (SSSR count). The average molecular weight is 916 g/mol. The maximum atomic E-state index is 12.7. The van der Waals surface area contributed by atoms with Crippen LogP contribution in [0, 0.1) is 5.41 Å². The molecule has 1 fully saturated rings. The van der Waals surface area contributed by atoms with Crippen LogP contribution in [-0.4, -0.2) is 128 Å². The Balaban J connectivity index is 1.19. The zero-order valence-corrected chi connectivity index (χ0v) is 34.7. The molecule has 29 heteroatoms. The van der Waals surface area contributed by atoms with Gasteiger partial charge >= 0.3 is 23.5 Å². The highest BCUT2D eigenvalue weighted by Crippen LogP contribution is 2.61. The monoisotopic (exact) mass is 915 g/mol. The second-order valence-corrected chi connectivity index (χ2v) is 18.8. The SMILES string of the molecule is CC(C)(COP(=O)(O)OP(=O)(O)OC[C@H]1O[C@@H](n2cnc3c(N)ncnc32)[C@H](O)[C@@H]1OP(=O)(O)O)[C@@H](O)C(=O)NCCC(=O)NCCSC(=O)CCc1ccc(O)cc1. The lowest BCUT2D eigenvalue weighted by Crippen LogP contribution is -2.46. The van der Waals surface area contributed by atoms with Crippen LogP contribution in [0.4, 0.5) is 5.82 Å². The summed E-state index contributed by atoms with van der Waals surface area (Å²) < 4.78 is 62.1. The van der Waals surface area contributed by atoms with Gasteiger partial charge in [-0.05, 0) is 24.1 Å². The number of carbonyl (C=O) groups excluding carboxylic acids is 3. The first-order valence-electron chi connectivity index (χ1n) is 17.3. The highest BCUT2D eigenvalue weighted by atomic mass is 32.2. The maximum Gasteiger partial charge on any atom is 0.481 e. The normalized spacial score (nSPS) is 21.1. The summed E-state index contributed by atoms with van der Waals surface area (Å²) in [5.74, 6) is -1.06. The molecule has 2 amide bonds. The van der Waals surface area contributed by atoms with E-state index in [1.807, 2.05) is 0 Å². The van der Waals surface area contributed by atoms with Gasteiger partial charge in [0.05, 0.1) is 19.5 Å². The van der Waals surface area contributed by atoms with Gasteiger partial charge in [0.25, 0.3) is 0 Å². The van der Waals surface area contributed by atoms with Gasteiger partial charge in [0.1, 0.15) is 42.0 Å². The number of amides is 2. The predicted octanol–water partition coefficient (Wildman–Crippen LogP) is 0.00310. The number of benzene rings is 1. The number of carbonyl (C=O) groups is 3. The molecule has 3 heterocycles. The number of fused-ring (bicyclic) bond motifs is 1. The Kier molecular flexibility index (Phi) is 16.7. The van der Waals surface area contributed by atoms with Crippen LogP contribution in [0.5, 0.6) is 5.75 Å². The van der Waals surface area contributed by atoms with Crippen molar-refractivity contribution >= 4 is 69.1 Å². The number of aromatic nitrogens is 4. The lowest BCUT2D eigenvalue weighted by molar-refractivity contribution is -0.137. The second-order valence-electron chi connectivity index (χ2n) is 13.5. The van der Waals surface area contributed by atoms with E-state index in [4.69, 9.17) is 19.5 Å². The molecule has 3 aromatic rings. The van der Waals surface area contributed by atoms with Crippen molar-refractivity contribution in [2.45, 2.75) is 63.8 Å². The molecule has 2 unspecified atom stereocenters. The number of rotatable bonds is 22. The number of phenolic OH excluding ortho intramolecular Hbond substituents is 1. The Bertz CT molecular complexity index is 2090. The van der Waals surface area contributed by atoms with Crippen molar-refractivity contribution in [3.8, 4) is 5.75 Å². The number of thioether (sulfide) groups is 1. The molecule has 0 aliphatic carbocycles. The lowest BCUT2D eigenvalue weighted by Gasteiger charge is -2.30. The average Bonchev–Trinajstić information content (AvgIpc) is 3.71. The first-order chi connectivity index (χ1) is 27.5. The molecule has 2 aromatic heterocycles. The van der Waals surface area contributed by atoms with Gasteiger partial charge in [0, 0.05) is 37.1 Å². The maximum absolute atomic E-state index is 12.7. The van der Waals surface area contributed by atoms with E-state index in [-0.39, 0.29) is 53.8 Å². The number of nitrogens with zero attached hydrogens (tertiary/aromatic N) is 4. The van der Waals surface area contributed by atoms with Crippen LogP contribution < -0.4 is 16.4 Å². The number of nitrogen functional groups attached to an aromatic ring is 1. The van der Waals surface area contributed by atoms with Gasteiger partial charge in [-0.2, -0.15) is 4.31 Å². The van der Waals surface area contributed by atoms with Crippen LogP contribution in [0.3, 0.4) is 0 Å². The van der Waals surface area contributed by atoms with Crippen molar-refractivity contribution < 1.29 is 85.6 Å². The zero-order chi connectivity index (χ0) is 43.8. The van der Waals surface area contributed by atoms with Gasteiger partial charge in [-0.25, -0.2) is 28.6 Å². The molecule has 1 aliphatic rings. The number of aliphatic hydroxyl groups is 2. The van der Waals surface area contributed by atoms with Gasteiger partial charge in [-0.15, -0.1) is 0 Å². The molecule has 59 heavy (non-hydrogen) atoms. The summed E-state index contributed by atoms with van der Waals surface area (Å²) in [6.45, 7) is 0.407. The topological polar surface area (TPSA) is 384 Å². The van der Waals surface area contributed by atoms with Gasteiger partial charge in [-0.3, -0.25) is 32.5 Å². The van der Waals surface area contributed by atoms with Crippen LogP contribution in [0.2, 0.25) is 0 Å². The minimum absolute atomic E-state index is 0.0259. The first kappa shape index (κ1) is 48.2. The van der Waals surface area contributed by atoms with Crippen molar-refractivity contribution in [2.75, 3.05) is 37.8 Å². The number of phenols is 1. The second kappa shape index (κ2) is 20.4. The van der Waals surface area contributed by atoms with Crippen LogP contribution in [0.15, 0.2) is 36.9 Å². The summed E-state index contributed by atoms with van der Waals surface area (Å²) in [7, 11) is -16.4. The summed E-state index contributed by atoms with van der Waals surface area (Å²) in [6.07, 6.45) is -6.22. The fraction of sp³-hybridized carbons (Fsp3) is 0.533. The molecule has 1 aliphatic heterocycles. The molecule has 1 aromatic carbocycles. The molecular weight excluding hydrogens is 871 g/mol. The van der Waals surface area contributed by atoms with Crippen LogP contribution in [0.25, 0.3) is 11.2 Å². The molecule has 11 N–H and O–H groups in total. The van der Waals surface area contributed by atoms with E-state index >= 15 is 0 Å². The zero-order valence-electron chi connectivity index (χ0n) is 31.2. The number of ether oxygens (including phenoxy) is 1. The molecule has 0 spiro atoms. The third kappa shape index (κ3) is 14.6. The van der Waals surface area contributed by atoms with Gasteiger partial charge in [0.2, 0.25) is 11.8 Å². The van der Waals surface area contributed by atoms with Crippen molar-refractivity contribution in [3.05, 3.63) is 42.5 Å². The predicted molar refractivity (Wildman–Crippen MR) is 204 cm³/mol. The molecule has 0 radical (unpaired) electrons. The standard InChI is InChI=1S/C30H44N7O18P3S/c1-30(2,25(42)28(43)33-10-9-20(39)32-11-12-59-21(40)8-5-17-3-6-18(38)7-4-17)14-52-58(49,50)55-57(47,48)51-13-19-24(54-56(44,45)46)23(41)29(53-19)37-16-36-22-26(31)34-15-35-27(22)37/h3-4,6-7,15-16,19,23-25,29,38,41-42H,5,8-14H2,1-2H3,(H,32,39)(H,33,43)(H,47,48)(H,49,50)(H2,31,34,35)(H2,44,45,46)/t19-,23-,24-,25+,29-/m1/s1. The Morgan fingerprint density at radius 2 is 1.68 bits per heavy atom. The van der Waals surface area contributed by atoms with Crippen molar-refractivity contribution in [2.24, 2.45) is 5.41 Å². The lowest BCUT2D eigenvalue weighted by atomic mass is 9.87. The van der Waals surface area contributed by atoms with E-state index in [0.29, 0.717) is 12.2 Å². The fourth-order valence-electron chi connectivity index (χ4n) is 5.28. The number of phosphoric acid groups is 3. The minimum atomic E-state index is -5.58. The van der Waals surface area contributed by atoms with E-state index < -0.39 is 84.6 Å². The number of aliphatic hydroxyl groups excluding tert-OH is 2. The van der Waals surface area contributed by atoms with Crippen molar-refractivity contribution in [1.29, 1.82) is 0 Å². The molecule has 0 bridgehead atoms. The molecule has 1 saturated heterocycles. The highest BCUT2D eigenvalue weighted by Gasteiger charge is 2.50. The number of nitrogens with one attached hydrogen (secondary N) is 2. The van der Waals surface area contributed by atoms with Crippen LogP contribution in [-0.2, 0) is 57.1 Å². The minimum Gasteiger partial charge on any atom is -0.508 e. The number of aromatic hydroxyl groups is 1. The summed E-state index contributed by atoms with van der Waals surface area (Å²) >= 11 is 1.04. The highest BCUT2D eigenvalue weighted by molar-refractivity contribution is 8.13. The first-order valence-corrected chi connectivity index (χ1v) is 22.8. The number of nitrogens with two attached hydrogens (primary N) is 1. The quantitative estimate of drug-likeness (QED) is 0.0468. The number of phosphoric ester groups is 3. The number of imidazole rings is 1. The van der Waals surface area contributed by atoms with Gasteiger partial charge < -0.3 is 56.0 Å². The third-order valence-electron chi connectivity index (χ3n) is 8.32. The molecule has 25 nitrogen and oxygen atoms in total. The van der Waals surface area contributed by atoms with E-state index in [1.54, 1.807) is 12.1 Å². The number of hydrogen-bond donors (Lipinski definition) is 10. The molecule has 0 saturated carbocycles. The van der Waals surface area contributed by atoms with E-state index in [2.05, 4.69) is 34.4 Å². The van der Waals surface area contributed by atoms with Crippen molar-refractivity contribution in [1.82, 2.24) is 30.2 Å². The summed E-state index contributed by atoms with van der Waals surface area (Å²) in [5, 5.41) is 35.6. The molecular formula is C30H44N7O18P3S. The Morgan fingerprint density at radius 3 is 2.36 bits per heavy atom. The fourth-order valence-corrected chi connectivity index (χ4v) is 8.78. The van der Waals surface area contributed by atoms with Crippen LogP contribution in [0.1, 0.15) is 38.5 Å². The summed E-state index contributed by atoms with van der Waals surface area (Å²) in [4.78, 5) is 87.8. The number of hydrogen-bond acceptors (Lipinski definition) is 19. The van der Waals surface area contributed by atoms with Crippen molar-refractivity contribution in [3.63, 3.8) is 0 Å². The van der Waals surface area contributed by atoms with E-state index in [1.165, 1.54) is 26.0 Å². The molecule has 7 atom stereocenters. The van der Waals surface area contributed by atoms with Gasteiger partial charge in [-0.1, -0.05) is 37.7 Å². The number of aryl methyl sites for hydroxylation is 1. The Labute approximate surface area is 339 Å². The number of anilines is 1. The molecule has 328 valence electrons. The van der Waals surface area contributed by atoms with Gasteiger partial charge in [0.15, 0.2) is 22.8 Å². The van der Waals surface area contributed by atoms with E-state index in [9.17, 15) is 63.0 Å². The smallest absolute Gasteiger partial charge is 0.481 e. The Hall–Kier alpha value is -3.42.